The second-order valence-electron chi connectivity index (χ2n) is 5.22. The highest BCUT2D eigenvalue weighted by molar-refractivity contribution is 5.44. The average Bonchev–Trinajstić information content (AvgIpc) is 2.49. The van der Waals surface area contributed by atoms with Crippen molar-refractivity contribution in [2.75, 3.05) is 25.1 Å². The Morgan fingerprint density at radius 1 is 1.10 bits per heavy atom. The third-order valence-electron chi connectivity index (χ3n) is 3.36. The standard InChI is InChI=1S/C17H29NO2/c1-3-5-6-7-12-20-14-17(19)13-18-16-10-8-15(4-2)9-11-16/h8-11,17-19H,3-7,12-14H2,1-2H3. The summed E-state index contributed by atoms with van der Waals surface area (Å²) in [5, 5.41) is 13.1. The fourth-order valence-electron chi connectivity index (χ4n) is 2.00. The molecule has 0 bridgehead atoms. The van der Waals surface area contributed by atoms with E-state index in [2.05, 4.69) is 43.4 Å². The van der Waals surface area contributed by atoms with Crippen LogP contribution in [0.4, 0.5) is 5.69 Å². The average molecular weight is 279 g/mol. The van der Waals surface area contributed by atoms with E-state index < -0.39 is 6.10 Å². The molecule has 1 rings (SSSR count). The van der Waals surface area contributed by atoms with Crippen molar-refractivity contribution in [1.82, 2.24) is 0 Å². The van der Waals surface area contributed by atoms with E-state index in [0.717, 1.165) is 25.1 Å². The van der Waals surface area contributed by atoms with Crippen molar-refractivity contribution in [2.24, 2.45) is 0 Å². The Morgan fingerprint density at radius 3 is 2.50 bits per heavy atom. The van der Waals surface area contributed by atoms with Crippen molar-refractivity contribution in [3.05, 3.63) is 29.8 Å². The Balaban J connectivity index is 2.08. The molecular weight excluding hydrogens is 250 g/mol. The lowest BCUT2D eigenvalue weighted by Gasteiger charge is -2.13. The molecule has 0 saturated carbocycles. The number of aliphatic hydroxyl groups excluding tert-OH is 1. The zero-order valence-electron chi connectivity index (χ0n) is 12.9. The molecule has 0 saturated heterocycles. The molecule has 1 atom stereocenters. The topological polar surface area (TPSA) is 41.5 Å². The first-order valence-corrected chi connectivity index (χ1v) is 7.84. The first-order valence-electron chi connectivity index (χ1n) is 7.84. The van der Waals surface area contributed by atoms with Crippen molar-refractivity contribution in [3.8, 4) is 0 Å². The molecule has 0 radical (unpaired) electrons. The summed E-state index contributed by atoms with van der Waals surface area (Å²) in [6, 6.07) is 8.33. The van der Waals surface area contributed by atoms with Crippen molar-refractivity contribution in [1.29, 1.82) is 0 Å². The van der Waals surface area contributed by atoms with Crippen LogP contribution >= 0.6 is 0 Å². The third-order valence-corrected chi connectivity index (χ3v) is 3.36. The highest BCUT2D eigenvalue weighted by Crippen LogP contribution is 2.09. The quantitative estimate of drug-likeness (QED) is 0.608. The minimum absolute atomic E-state index is 0.409. The molecule has 0 heterocycles. The number of anilines is 1. The van der Waals surface area contributed by atoms with Gasteiger partial charge >= 0.3 is 0 Å². The van der Waals surface area contributed by atoms with Gasteiger partial charge in [-0.2, -0.15) is 0 Å². The molecule has 0 aliphatic rings. The van der Waals surface area contributed by atoms with Crippen LogP contribution in [0.5, 0.6) is 0 Å². The third kappa shape index (κ3) is 7.51. The van der Waals surface area contributed by atoms with Gasteiger partial charge < -0.3 is 15.2 Å². The van der Waals surface area contributed by atoms with Gasteiger partial charge in [-0.25, -0.2) is 0 Å². The monoisotopic (exact) mass is 279 g/mol. The molecule has 114 valence electrons. The highest BCUT2D eigenvalue weighted by Gasteiger charge is 2.04. The summed E-state index contributed by atoms with van der Waals surface area (Å²) >= 11 is 0. The molecule has 1 unspecified atom stereocenters. The minimum atomic E-state index is -0.452. The summed E-state index contributed by atoms with van der Waals surface area (Å²) in [6.07, 6.45) is 5.41. The number of nitrogens with one attached hydrogen (secondary N) is 1. The summed E-state index contributed by atoms with van der Waals surface area (Å²) in [5.74, 6) is 0. The predicted octanol–water partition coefficient (Wildman–Crippen LogP) is 3.62. The SMILES string of the molecule is CCCCCCOCC(O)CNc1ccc(CC)cc1. The number of ether oxygens (including phenoxy) is 1. The van der Waals surface area contributed by atoms with Gasteiger partial charge in [-0.15, -0.1) is 0 Å². The predicted molar refractivity (Wildman–Crippen MR) is 85.3 cm³/mol. The fourth-order valence-corrected chi connectivity index (χ4v) is 2.00. The van der Waals surface area contributed by atoms with E-state index in [1.807, 2.05) is 0 Å². The van der Waals surface area contributed by atoms with E-state index in [-0.39, 0.29) is 0 Å². The van der Waals surface area contributed by atoms with E-state index >= 15 is 0 Å². The molecule has 2 N–H and O–H groups in total. The lowest BCUT2D eigenvalue weighted by atomic mass is 10.1. The van der Waals surface area contributed by atoms with Crippen molar-refractivity contribution in [3.63, 3.8) is 0 Å². The number of unbranched alkanes of at least 4 members (excludes halogenated alkanes) is 3. The Kier molecular flexibility index (Phi) is 9.09. The molecule has 1 aromatic carbocycles. The van der Waals surface area contributed by atoms with Crippen LogP contribution in [0, 0.1) is 0 Å². The van der Waals surface area contributed by atoms with Gasteiger partial charge in [-0.3, -0.25) is 0 Å². The van der Waals surface area contributed by atoms with Gasteiger partial charge in [0.2, 0.25) is 0 Å². The normalized spacial score (nSPS) is 12.3. The molecule has 0 amide bonds. The molecule has 0 aromatic heterocycles. The van der Waals surface area contributed by atoms with E-state index in [0.29, 0.717) is 13.2 Å². The Morgan fingerprint density at radius 2 is 1.85 bits per heavy atom. The second kappa shape index (κ2) is 10.7. The molecule has 1 aromatic rings. The number of benzene rings is 1. The summed E-state index contributed by atoms with van der Waals surface area (Å²) in [5.41, 5.74) is 2.37. The summed E-state index contributed by atoms with van der Waals surface area (Å²) < 4.78 is 5.48. The molecule has 0 spiro atoms. The fraction of sp³-hybridized carbons (Fsp3) is 0.647. The molecular formula is C17H29NO2. The molecule has 3 nitrogen and oxygen atoms in total. The lowest BCUT2D eigenvalue weighted by molar-refractivity contribution is 0.0417. The van der Waals surface area contributed by atoms with E-state index in [9.17, 15) is 5.11 Å². The molecule has 0 aliphatic heterocycles. The van der Waals surface area contributed by atoms with Gasteiger partial charge in [0.05, 0.1) is 12.7 Å². The Labute approximate surface area is 123 Å². The first-order chi connectivity index (χ1) is 9.76. The smallest absolute Gasteiger partial charge is 0.0945 e. The number of aliphatic hydroxyl groups is 1. The molecule has 0 fully saturated rings. The van der Waals surface area contributed by atoms with Crippen LogP contribution in [0.3, 0.4) is 0 Å². The van der Waals surface area contributed by atoms with Crippen LogP contribution in [-0.2, 0) is 11.2 Å². The number of hydrogen-bond donors (Lipinski definition) is 2. The maximum Gasteiger partial charge on any atom is 0.0945 e. The number of rotatable bonds is 11. The van der Waals surface area contributed by atoms with Gasteiger partial charge in [-0.05, 0) is 30.5 Å². The van der Waals surface area contributed by atoms with E-state index in [4.69, 9.17) is 4.74 Å². The number of hydrogen-bond acceptors (Lipinski definition) is 3. The summed E-state index contributed by atoms with van der Waals surface area (Å²) in [6.45, 7) is 6.03. The Bertz CT molecular complexity index is 337. The molecule has 20 heavy (non-hydrogen) atoms. The van der Waals surface area contributed by atoms with Crippen LogP contribution in [-0.4, -0.2) is 31.0 Å². The zero-order valence-corrected chi connectivity index (χ0v) is 12.9. The van der Waals surface area contributed by atoms with Gasteiger partial charge in [0.1, 0.15) is 0 Å². The van der Waals surface area contributed by atoms with Crippen LogP contribution in [0.15, 0.2) is 24.3 Å². The van der Waals surface area contributed by atoms with E-state index in [1.54, 1.807) is 0 Å². The molecule has 0 aliphatic carbocycles. The minimum Gasteiger partial charge on any atom is -0.389 e. The van der Waals surface area contributed by atoms with Crippen LogP contribution in [0.25, 0.3) is 0 Å². The second-order valence-corrected chi connectivity index (χ2v) is 5.22. The van der Waals surface area contributed by atoms with Crippen molar-refractivity contribution < 1.29 is 9.84 Å². The van der Waals surface area contributed by atoms with Crippen molar-refractivity contribution in [2.45, 2.75) is 52.1 Å². The zero-order chi connectivity index (χ0) is 14.6. The molecule has 3 heteroatoms. The van der Waals surface area contributed by atoms with Crippen molar-refractivity contribution >= 4 is 5.69 Å². The van der Waals surface area contributed by atoms with Gasteiger partial charge in [0, 0.05) is 18.8 Å². The van der Waals surface area contributed by atoms with Gasteiger partial charge in [0.15, 0.2) is 0 Å². The Hall–Kier alpha value is -1.06. The van der Waals surface area contributed by atoms with Gasteiger partial charge in [-0.1, -0.05) is 45.2 Å². The number of aryl methyl sites for hydroxylation is 1. The van der Waals surface area contributed by atoms with Gasteiger partial charge in [0.25, 0.3) is 0 Å². The highest BCUT2D eigenvalue weighted by atomic mass is 16.5. The lowest BCUT2D eigenvalue weighted by Crippen LogP contribution is -2.25. The van der Waals surface area contributed by atoms with E-state index in [1.165, 1.54) is 24.8 Å². The summed E-state index contributed by atoms with van der Waals surface area (Å²) in [7, 11) is 0. The van der Waals surface area contributed by atoms with Crippen LogP contribution in [0.1, 0.15) is 45.1 Å². The largest absolute Gasteiger partial charge is 0.389 e. The maximum absolute atomic E-state index is 9.83. The van der Waals surface area contributed by atoms with Crippen LogP contribution < -0.4 is 5.32 Å². The summed E-state index contributed by atoms with van der Waals surface area (Å²) in [4.78, 5) is 0. The van der Waals surface area contributed by atoms with Crippen LogP contribution in [0.2, 0.25) is 0 Å². The maximum atomic E-state index is 9.83. The first kappa shape index (κ1) is 17.0.